The number of halogens is 3. The van der Waals surface area contributed by atoms with Gasteiger partial charge in [-0.15, -0.1) is 0 Å². The van der Waals surface area contributed by atoms with Crippen molar-refractivity contribution in [3.8, 4) is 0 Å². The highest BCUT2D eigenvalue weighted by Gasteiger charge is 2.73. The quantitative estimate of drug-likeness (QED) is 0.701. The number of hydrogen-bond acceptors (Lipinski definition) is 2. The number of allylic oxidation sites excluding steroid dienone is 1. The van der Waals surface area contributed by atoms with Gasteiger partial charge in [0, 0.05) is 11.8 Å². The molecular weight excluding hydrogens is 341 g/mol. The molecule has 0 spiro atoms. The fourth-order valence-corrected chi connectivity index (χ4v) is 7.58. The summed E-state index contributed by atoms with van der Waals surface area (Å²) in [5.41, 5.74) is -2.34. The van der Waals surface area contributed by atoms with Crippen molar-refractivity contribution < 1.29 is 23.1 Å². The second-order valence-electron chi connectivity index (χ2n) is 9.30. The van der Waals surface area contributed by atoms with E-state index in [9.17, 15) is 23.1 Å². The molecule has 1 N–H and O–H groups in total. The van der Waals surface area contributed by atoms with Crippen molar-refractivity contribution >= 4 is 5.78 Å². The van der Waals surface area contributed by atoms with Crippen LogP contribution in [0.1, 0.15) is 65.2 Å². The number of ketones is 1. The molecule has 0 radical (unpaired) electrons. The van der Waals surface area contributed by atoms with Crippen LogP contribution in [0.3, 0.4) is 0 Å². The molecule has 2 nitrogen and oxygen atoms in total. The number of alkyl halides is 3. The van der Waals surface area contributed by atoms with Crippen LogP contribution in [-0.2, 0) is 4.79 Å². The summed E-state index contributed by atoms with van der Waals surface area (Å²) in [4.78, 5) is 11.8. The Labute approximate surface area is 153 Å². The van der Waals surface area contributed by atoms with Crippen molar-refractivity contribution in [3.05, 3.63) is 11.6 Å². The van der Waals surface area contributed by atoms with Gasteiger partial charge in [0.1, 0.15) is 0 Å². The first kappa shape index (κ1) is 18.5. The van der Waals surface area contributed by atoms with Gasteiger partial charge in [0.15, 0.2) is 11.4 Å². The number of aliphatic hydroxyl groups is 1. The van der Waals surface area contributed by atoms with Gasteiger partial charge in [-0.05, 0) is 80.6 Å². The molecule has 0 bridgehead atoms. The zero-order valence-electron chi connectivity index (χ0n) is 15.6. The zero-order chi connectivity index (χ0) is 18.9. The van der Waals surface area contributed by atoms with Gasteiger partial charge >= 0.3 is 6.18 Å². The molecule has 26 heavy (non-hydrogen) atoms. The van der Waals surface area contributed by atoms with Crippen LogP contribution in [0.25, 0.3) is 0 Å². The number of carbonyl (C=O) groups excluding carboxylic acids is 1. The predicted molar refractivity (Wildman–Crippen MR) is 92.3 cm³/mol. The van der Waals surface area contributed by atoms with E-state index < -0.39 is 17.2 Å². The van der Waals surface area contributed by atoms with Crippen LogP contribution in [0.4, 0.5) is 13.2 Å². The maximum Gasteiger partial charge on any atom is 0.417 e. The van der Waals surface area contributed by atoms with E-state index in [0.29, 0.717) is 37.5 Å². The normalized spacial score (nSPS) is 48.5. The van der Waals surface area contributed by atoms with Crippen LogP contribution in [-0.4, -0.2) is 22.7 Å². The third-order valence-corrected chi connectivity index (χ3v) is 8.59. The standard InChI is InChI=1S/C21H29F3O2/c1-3-19-8-6-16-15-5-4-14(25)11-13(15)10-12(2)18(16)17(19)7-9-20(19,26)21(22,23)24/h11-12,15-18,26H,3-10H2,1-2H3/t12-,15+,16-,17+,18-,19+,20+/m1/s1. The van der Waals surface area contributed by atoms with E-state index in [0.717, 1.165) is 19.3 Å². The van der Waals surface area contributed by atoms with Crippen LogP contribution in [0.5, 0.6) is 0 Å². The minimum Gasteiger partial charge on any atom is -0.380 e. The molecule has 0 aromatic rings. The summed E-state index contributed by atoms with van der Waals surface area (Å²) in [6.07, 6.45) is 1.41. The SMILES string of the molecule is CC[C@]12CC[C@H]3[C@@H]([C@H](C)CC4=CC(=O)CC[C@@H]43)[C@@H]1CC[C@@]2(O)C(F)(F)F. The predicted octanol–water partition coefficient (Wildman–Crippen LogP) is 5.06. The van der Waals surface area contributed by atoms with Crippen LogP contribution >= 0.6 is 0 Å². The van der Waals surface area contributed by atoms with E-state index in [4.69, 9.17) is 0 Å². The van der Waals surface area contributed by atoms with E-state index >= 15 is 0 Å². The summed E-state index contributed by atoms with van der Waals surface area (Å²) in [5, 5.41) is 10.8. The molecule has 0 heterocycles. The molecule has 3 fully saturated rings. The van der Waals surface area contributed by atoms with Crippen molar-refractivity contribution in [2.24, 2.45) is 35.0 Å². The summed E-state index contributed by atoms with van der Waals surface area (Å²) in [6.45, 7) is 3.97. The smallest absolute Gasteiger partial charge is 0.380 e. The third-order valence-electron chi connectivity index (χ3n) is 8.59. The highest BCUT2D eigenvalue weighted by molar-refractivity contribution is 5.91. The Morgan fingerprint density at radius 1 is 1.23 bits per heavy atom. The highest BCUT2D eigenvalue weighted by atomic mass is 19.4. The van der Waals surface area contributed by atoms with Crippen molar-refractivity contribution in [2.75, 3.05) is 0 Å². The van der Waals surface area contributed by atoms with Crippen molar-refractivity contribution in [1.82, 2.24) is 0 Å². The number of rotatable bonds is 1. The molecule has 146 valence electrons. The Morgan fingerprint density at radius 2 is 1.96 bits per heavy atom. The lowest BCUT2D eigenvalue weighted by molar-refractivity contribution is -0.307. The van der Waals surface area contributed by atoms with Crippen molar-refractivity contribution in [2.45, 2.75) is 77.0 Å². The molecule has 5 heteroatoms. The van der Waals surface area contributed by atoms with Crippen LogP contribution < -0.4 is 0 Å². The molecule has 0 saturated heterocycles. The highest BCUT2D eigenvalue weighted by Crippen LogP contribution is 2.69. The van der Waals surface area contributed by atoms with E-state index in [2.05, 4.69) is 6.92 Å². The maximum absolute atomic E-state index is 13.9. The van der Waals surface area contributed by atoms with Gasteiger partial charge in [-0.25, -0.2) is 0 Å². The van der Waals surface area contributed by atoms with Gasteiger partial charge in [0.05, 0.1) is 0 Å². The lowest BCUT2D eigenvalue weighted by Crippen LogP contribution is -2.61. The fraction of sp³-hybridized carbons (Fsp3) is 0.857. The van der Waals surface area contributed by atoms with Crippen LogP contribution in [0, 0.1) is 35.0 Å². The first-order valence-electron chi connectivity index (χ1n) is 10.2. The van der Waals surface area contributed by atoms with Crippen molar-refractivity contribution in [3.63, 3.8) is 0 Å². The first-order valence-corrected chi connectivity index (χ1v) is 10.2. The summed E-state index contributed by atoms with van der Waals surface area (Å²) in [5.74, 6) is 1.39. The molecule has 0 unspecified atom stereocenters. The lowest BCUT2D eigenvalue weighted by Gasteiger charge is -2.58. The van der Waals surface area contributed by atoms with Gasteiger partial charge in [-0.2, -0.15) is 13.2 Å². The largest absolute Gasteiger partial charge is 0.417 e. The molecule has 4 rings (SSSR count). The molecular formula is C21H29F3O2. The van der Waals surface area contributed by atoms with Crippen LogP contribution in [0.15, 0.2) is 11.6 Å². The molecule has 4 aliphatic carbocycles. The minimum absolute atomic E-state index is 0.0629. The van der Waals surface area contributed by atoms with Crippen LogP contribution in [0.2, 0.25) is 0 Å². The Kier molecular flexibility index (Phi) is 4.15. The van der Waals surface area contributed by atoms with E-state index in [1.54, 1.807) is 0 Å². The van der Waals surface area contributed by atoms with E-state index in [1.165, 1.54) is 5.57 Å². The monoisotopic (exact) mass is 370 g/mol. The molecule has 3 saturated carbocycles. The average Bonchev–Trinajstić information content (AvgIpc) is 2.89. The molecule has 4 aliphatic rings. The Morgan fingerprint density at radius 3 is 2.62 bits per heavy atom. The molecule has 0 aromatic heterocycles. The number of carbonyl (C=O) groups is 1. The van der Waals surface area contributed by atoms with Crippen molar-refractivity contribution in [1.29, 1.82) is 0 Å². The maximum atomic E-state index is 13.9. The second-order valence-corrected chi connectivity index (χ2v) is 9.30. The minimum atomic E-state index is -4.56. The lowest BCUT2D eigenvalue weighted by atomic mass is 9.47. The summed E-state index contributed by atoms with van der Waals surface area (Å²) >= 11 is 0. The molecule has 0 amide bonds. The van der Waals surface area contributed by atoms with Gasteiger partial charge in [0.25, 0.3) is 0 Å². The van der Waals surface area contributed by atoms with Gasteiger partial charge in [-0.3, -0.25) is 4.79 Å². The van der Waals surface area contributed by atoms with E-state index in [-0.39, 0.29) is 30.0 Å². The van der Waals surface area contributed by atoms with Gasteiger partial charge < -0.3 is 5.11 Å². The average molecular weight is 370 g/mol. The first-order chi connectivity index (χ1) is 12.1. The molecule has 7 atom stereocenters. The number of hydrogen-bond donors (Lipinski definition) is 1. The topological polar surface area (TPSA) is 37.3 Å². The van der Waals surface area contributed by atoms with Gasteiger partial charge in [-0.1, -0.05) is 19.4 Å². The summed E-state index contributed by atoms with van der Waals surface area (Å²) in [6, 6.07) is 0. The summed E-state index contributed by atoms with van der Waals surface area (Å²) in [7, 11) is 0. The Bertz CT molecular complexity index is 640. The van der Waals surface area contributed by atoms with Gasteiger partial charge in [0.2, 0.25) is 0 Å². The van der Waals surface area contributed by atoms with E-state index in [1.807, 2.05) is 13.0 Å². The fourth-order valence-electron chi connectivity index (χ4n) is 7.58. The summed E-state index contributed by atoms with van der Waals surface area (Å²) < 4.78 is 41.7. The number of fused-ring (bicyclic) bond motifs is 5. The Balaban J connectivity index is 1.73. The third kappa shape index (κ3) is 2.25. The molecule has 0 aliphatic heterocycles. The molecule has 0 aromatic carbocycles. The zero-order valence-corrected chi connectivity index (χ0v) is 15.6. The Hall–Kier alpha value is -0.840. The second kappa shape index (κ2) is 5.83.